The van der Waals surface area contributed by atoms with Crippen LogP contribution in [0.3, 0.4) is 0 Å². The van der Waals surface area contributed by atoms with Gasteiger partial charge in [0.2, 0.25) is 0 Å². The Kier molecular flexibility index (Phi) is 14.8. The van der Waals surface area contributed by atoms with Crippen molar-refractivity contribution < 1.29 is 33.3 Å². The fourth-order valence-corrected chi connectivity index (χ4v) is 12.9. The predicted octanol–water partition coefficient (Wildman–Crippen LogP) is 13.7. The molecular weight excluding hydrogens is 797 g/mol. The predicted molar refractivity (Wildman–Crippen MR) is 255 cm³/mol. The van der Waals surface area contributed by atoms with Crippen molar-refractivity contribution in [3.05, 3.63) is 95.6 Å². The maximum atomic E-state index is 13.4. The molecule has 4 aliphatic carbocycles. The van der Waals surface area contributed by atoms with E-state index in [0.717, 1.165) is 117 Å². The lowest BCUT2D eigenvalue weighted by Gasteiger charge is -2.58. The molecule has 0 bridgehead atoms. The third-order valence-corrected chi connectivity index (χ3v) is 17.1. The Hall–Kier alpha value is -3.94. The minimum absolute atomic E-state index is 0.119. The minimum Gasteiger partial charge on any atom is -0.494 e. The zero-order chi connectivity index (χ0) is 44.9. The molecule has 346 valence electrons. The first-order valence-corrected chi connectivity index (χ1v) is 25.1. The van der Waals surface area contributed by atoms with Gasteiger partial charge in [0.1, 0.15) is 17.6 Å². The Bertz CT molecular complexity index is 2040. The van der Waals surface area contributed by atoms with Gasteiger partial charge in [0.15, 0.2) is 0 Å². The summed E-state index contributed by atoms with van der Waals surface area (Å²) in [4.78, 5) is 26.5. The smallest absolute Gasteiger partial charge is 0.343 e. The van der Waals surface area contributed by atoms with Crippen molar-refractivity contribution in [3.8, 4) is 22.6 Å². The van der Waals surface area contributed by atoms with E-state index in [1.807, 2.05) is 36.4 Å². The summed E-state index contributed by atoms with van der Waals surface area (Å²) in [5.74, 6) is 5.34. The van der Waals surface area contributed by atoms with Crippen molar-refractivity contribution >= 4 is 11.9 Å². The molecule has 1 saturated heterocycles. The molecule has 7 nitrogen and oxygen atoms in total. The number of carbonyl (C=O) groups excluding carboxylic acids is 2. The lowest BCUT2D eigenvalue weighted by molar-refractivity contribution is -0.150. The minimum atomic E-state index is -0.472. The van der Waals surface area contributed by atoms with E-state index in [1.165, 1.54) is 56.9 Å². The number of hydrogen-bond donors (Lipinski definition) is 0. The third-order valence-electron chi connectivity index (χ3n) is 17.1. The number of allylic oxidation sites excluding steroid dienone is 1. The van der Waals surface area contributed by atoms with E-state index in [2.05, 4.69) is 47.6 Å². The molecule has 1 aliphatic heterocycles. The van der Waals surface area contributed by atoms with E-state index < -0.39 is 5.97 Å². The van der Waals surface area contributed by atoms with Crippen molar-refractivity contribution in [1.29, 1.82) is 0 Å². The van der Waals surface area contributed by atoms with Crippen molar-refractivity contribution in [2.24, 2.45) is 51.8 Å². The lowest BCUT2D eigenvalue weighted by atomic mass is 9.47. The Labute approximate surface area is 384 Å². The van der Waals surface area contributed by atoms with Crippen LogP contribution < -0.4 is 9.47 Å². The highest BCUT2D eigenvalue weighted by molar-refractivity contribution is 5.94. The summed E-state index contributed by atoms with van der Waals surface area (Å²) in [7, 11) is 0. The van der Waals surface area contributed by atoms with Crippen LogP contribution >= 0.6 is 0 Å². The van der Waals surface area contributed by atoms with Gasteiger partial charge in [-0.1, -0.05) is 96.7 Å². The number of benzene rings is 3. The summed E-state index contributed by atoms with van der Waals surface area (Å²) < 4.78 is 29.1. The first kappa shape index (κ1) is 46.6. The van der Waals surface area contributed by atoms with Gasteiger partial charge in [-0.25, -0.2) is 9.59 Å². The number of carbonyl (C=O) groups is 2. The van der Waals surface area contributed by atoms with Gasteiger partial charge < -0.3 is 23.7 Å². The molecule has 3 saturated carbocycles. The van der Waals surface area contributed by atoms with Gasteiger partial charge >= 0.3 is 11.9 Å². The first-order chi connectivity index (χ1) is 30.9. The molecule has 3 aromatic rings. The molecule has 0 N–H and O–H groups in total. The van der Waals surface area contributed by atoms with Gasteiger partial charge in [-0.15, -0.1) is 0 Å². The highest BCUT2D eigenvalue weighted by Crippen LogP contribution is 2.67. The van der Waals surface area contributed by atoms with E-state index in [-0.39, 0.29) is 22.9 Å². The number of fused-ring (bicyclic) bond motifs is 5. The maximum absolute atomic E-state index is 13.4. The molecule has 1 heterocycles. The average molecular weight is 873 g/mol. The van der Waals surface area contributed by atoms with Crippen LogP contribution in [0.5, 0.6) is 11.5 Å². The molecule has 8 atom stereocenters. The van der Waals surface area contributed by atoms with E-state index in [4.69, 9.17) is 23.7 Å². The normalized spacial score (nSPS) is 28.5. The molecule has 3 aromatic carbocycles. The van der Waals surface area contributed by atoms with Gasteiger partial charge in [0.25, 0.3) is 0 Å². The van der Waals surface area contributed by atoms with Crippen LogP contribution in [0.4, 0.5) is 0 Å². The van der Waals surface area contributed by atoms with Crippen molar-refractivity contribution in [3.63, 3.8) is 0 Å². The van der Waals surface area contributed by atoms with Gasteiger partial charge in [0, 0.05) is 18.4 Å². The van der Waals surface area contributed by atoms with Gasteiger partial charge in [-0.05, 0) is 170 Å². The van der Waals surface area contributed by atoms with E-state index in [9.17, 15) is 9.59 Å². The first-order valence-electron chi connectivity index (χ1n) is 25.1. The van der Waals surface area contributed by atoms with Crippen molar-refractivity contribution in [1.82, 2.24) is 0 Å². The highest BCUT2D eigenvalue weighted by Gasteiger charge is 2.59. The maximum Gasteiger partial charge on any atom is 0.343 e. The fraction of sp³-hybridized carbons (Fsp3) is 0.614. The van der Waals surface area contributed by atoms with Gasteiger partial charge in [0.05, 0.1) is 37.6 Å². The number of esters is 2. The summed E-state index contributed by atoms with van der Waals surface area (Å²) in [6, 6.07) is 22.2. The Morgan fingerprint density at radius 3 is 2.06 bits per heavy atom. The number of ether oxygens (including phenoxy) is 5. The molecule has 0 radical (unpaired) electrons. The zero-order valence-electron chi connectivity index (χ0n) is 39.8. The number of hydrogen-bond acceptors (Lipinski definition) is 7. The number of rotatable bonds is 19. The summed E-state index contributed by atoms with van der Waals surface area (Å²) in [5, 5.41) is 0. The van der Waals surface area contributed by atoms with Crippen LogP contribution in [0.25, 0.3) is 11.1 Å². The molecule has 8 rings (SSSR count). The quantitative estimate of drug-likeness (QED) is 0.0514. The third kappa shape index (κ3) is 10.2. The molecule has 0 amide bonds. The molecule has 8 unspecified atom stereocenters. The highest BCUT2D eigenvalue weighted by atomic mass is 16.5. The Morgan fingerprint density at radius 1 is 0.734 bits per heavy atom. The van der Waals surface area contributed by atoms with Crippen LogP contribution in [-0.4, -0.2) is 51.1 Å². The van der Waals surface area contributed by atoms with Gasteiger partial charge in [-0.3, -0.25) is 0 Å². The van der Waals surface area contributed by atoms with Crippen LogP contribution in [0.2, 0.25) is 0 Å². The summed E-state index contributed by atoms with van der Waals surface area (Å²) >= 11 is 0. The molecule has 4 fully saturated rings. The second kappa shape index (κ2) is 20.3. The van der Waals surface area contributed by atoms with E-state index in [0.29, 0.717) is 28.9 Å². The fourth-order valence-electron chi connectivity index (χ4n) is 12.9. The van der Waals surface area contributed by atoms with Crippen LogP contribution in [0.15, 0.2) is 84.4 Å². The van der Waals surface area contributed by atoms with E-state index in [1.54, 1.807) is 36.4 Å². The monoisotopic (exact) mass is 873 g/mol. The topological polar surface area (TPSA) is 80.3 Å². The van der Waals surface area contributed by atoms with Gasteiger partial charge in [-0.2, -0.15) is 0 Å². The molecular formula is C57H76O7. The Morgan fingerprint density at radius 2 is 1.41 bits per heavy atom. The average Bonchev–Trinajstić information content (AvgIpc) is 3.64. The molecule has 5 aliphatic rings. The van der Waals surface area contributed by atoms with E-state index >= 15 is 0 Å². The largest absolute Gasteiger partial charge is 0.494 e. The SMILES string of the molecule is CCC1(COCCCCOc2ccc(-c3ccc(OC(=O)c4ccc(C(=O)OC5CCC6(C)C(=CCC7C6CCC6(C)C(C(C)CCCC(C)C)CCC76)C5)cc4)cc3)cc2)COC1. The zero-order valence-corrected chi connectivity index (χ0v) is 39.8. The molecule has 0 spiro atoms. The lowest BCUT2D eigenvalue weighted by Crippen LogP contribution is -2.51. The Balaban J connectivity index is 0.770. The summed E-state index contributed by atoms with van der Waals surface area (Å²) in [6.07, 6.45) is 19.1. The second-order valence-corrected chi connectivity index (χ2v) is 21.5. The second-order valence-electron chi connectivity index (χ2n) is 21.5. The van der Waals surface area contributed by atoms with Crippen molar-refractivity contribution in [2.75, 3.05) is 33.0 Å². The van der Waals surface area contributed by atoms with Crippen molar-refractivity contribution in [2.45, 2.75) is 138 Å². The van der Waals surface area contributed by atoms with Crippen LogP contribution in [0.1, 0.15) is 152 Å². The molecule has 64 heavy (non-hydrogen) atoms. The van der Waals surface area contributed by atoms with Crippen LogP contribution in [-0.2, 0) is 14.2 Å². The molecule has 0 aromatic heterocycles. The standard InChI is InChI=1S/C57H76O7/c1-7-57(37-61-38-57)36-60-33-8-9-34-62-46-22-17-41(18-23-46)42-19-24-47(25-20-42)63-53(58)43-13-15-44(16-14-43)54(59)64-48-29-31-55(5)45(35-48)21-26-49-51-28-27-50(40(4)12-10-11-39(2)3)56(51,6)32-30-52(49)55/h13-25,39-40,48-52H,7-12,26-38H2,1-6H3. The summed E-state index contributed by atoms with van der Waals surface area (Å²) in [5.41, 5.74) is 5.33. The van der Waals surface area contributed by atoms with Crippen LogP contribution in [0, 0.1) is 51.8 Å². The molecule has 7 heteroatoms. The number of unbranched alkanes of at least 4 members (excludes halogenated alkanes) is 1. The summed E-state index contributed by atoms with van der Waals surface area (Å²) in [6.45, 7) is 18.5.